The first-order chi connectivity index (χ1) is 9.06. The molecule has 19 heavy (non-hydrogen) atoms. The van der Waals surface area contributed by atoms with Crippen LogP contribution >= 0.6 is 0 Å². The minimum absolute atomic E-state index is 0.0364. The fourth-order valence-electron chi connectivity index (χ4n) is 2.56. The van der Waals surface area contributed by atoms with Crippen LogP contribution in [0.5, 0.6) is 0 Å². The smallest absolute Gasteiger partial charge is 0.230 e. The van der Waals surface area contributed by atoms with E-state index in [1.165, 1.54) is 6.07 Å². The van der Waals surface area contributed by atoms with Gasteiger partial charge in [0.05, 0.1) is 5.41 Å². The number of rotatable bonds is 5. The van der Waals surface area contributed by atoms with E-state index >= 15 is 0 Å². The van der Waals surface area contributed by atoms with Crippen molar-refractivity contribution in [3.63, 3.8) is 0 Å². The molecule has 0 aliphatic heterocycles. The van der Waals surface area contributed by atoms with E-state index < -0.39 is 5.41 Å². The minimum Gasteiger partial charge on any atom is -0.354 e. The monoisotopic (exact) mass is 264 g/mol. The number of likely N-dealkylation sites (N-methyl/N-ethyl adjacent to an activating group) is 1. The molecular formula is C15H21FN2O. The number of amides is 1. The zero-order valence-corrected chi connectivity index (χ0v) is 11.6. The number of nitrogens with zero attached hydrogens (tertiary/aromatic N) is 1. The highest BCUT2D eigenvalue weighted by atomic mass is 19.1. The molecule has 0 unspecified atom stereocenters. The Balaban J connectivity index is 2.10. The van der Waals surface area contributed by atoms with Crippen LogP contribution < -0.4 is 5.32 Å². The van der Waals surface area contributed by atoms with E-state index in [-0.39, 0.29) is 11.7 Å². The lowest BCUT2D eigenvalue weighted by atomic mass is 9.63. The van der Waals surface area contributed by atoms with Gasteiger partial charge in [-0.3, -0.25) is 4.79 Å². The Morgan fingerprint density at radius 2 is 2.05 bits per heavy atom. The highest BCUT2D eigenvalue weighted by molar-refractivity contribution is 5.89. The Labute approximate surface area is 113 Å². The zero-order chi connectivity index (χ0) is 13.9. The second kappa shape index (κ2) is 5.70. The second-order valence-corrected chi connectivity index (χ2v) is 5.47. The van der Waals surface area contributed by atoms with Crippen LogP contribution in [0.2, 0.25) is 0 Å². The van der Waals surface area contributed by atoms with Crippen molar-refractivity contribution in [2.24, 2.45) is 0 Å². The summed E-state index contributed by atoms with van der Waals surface area (Å²) in [5, 5.41) is 2.94. The van der Waals surface area contributed by atoms with Gasteiger partial charge in [-0.05, 0) is 33.0 Å². The van der Waals surface area contributed by atoms with Gasteiger partial charge in [-0.15, -0.1) is 0 Å². The first-order valence-electron chi connectivity index (χ1n) is 6.74. The van der Waals surface area contributed by atoms with Crippen LogP contribution in [0.15, 0.2) is 24.3 Å². The number of nitrogens with one attached hydrogen (secondary N) is 1. The first kappa shape index (κ1) is 14.0. The molecule has 1 fully saturated rings. The molecule has 0 radical (unpaired) electrons. The van der Waals surface area contributed by atoms with Crippen LogP contribution in [0.25, 0.3) is 0 Å². The molecule has 0 bridgehead atoms. The summed E-state index contributed by atoms with van der Waals surface area (Å²) in [7, 11) is 3.92. The van der Waals surface area contributed by atoms with Gasteiger partial charge in [0, 0.05) is 18.7 Å². The predicted octanol–water partition coefficient (Wildman–Crippen LogP) is 1.93. The summed E-state index contributed by atoms with van der Waals surface area (Å²) >= 11 is 0. The van der Waals surface area contributed by atoms with Crippen molar-refractivity contribution < 1.29 is 9.18 Å². The van der Waals surface area contributed by atoms with Gasteiger partial charge in [0.2, 0.25) is 5.91 Å². The van der Waals surface area contributed by atoms with Crippen molar-refractivity contribution in [3.05, 3.63) is 35.6 Å². The van der Waals surface area contributed by atoms with Crippen molar-refractivity contribution >= 4 is 5.91 Å². The topological polar surface area (TPSA) is 32.3 Å². The third-order valence-corrected chi connectivity index (χ3v) is 3.88. The molecule has 4 heteroatoms. The Hall–Kier alpha value is -1.42. The van der Waals surface area contributed by atoms with E-state index in [9.17, 15) is 9.18 Å². The molecule has 0 atom stereocenters. The van der Waals surface area contributed by atoms with Gasteiger partial charge in [0.15, 0.2) is 0 Å². The van der Waals surface area contributed by atoms with Crippen LogP contribution in [0.4, 0.5) is 4.39 Å². The third kappa shape index (κ3) is 2.78. The van der Waals surface area contributed by atoms with Gasteiger partial charge in [0.25, 0.3) is 0 Å². The van der Waals surface area contributed by atoms with Crippen molar-refractivity contribution in [2.75, 3.05) is 27.2 Å². The van der Waals surface area contributed by atoms with Crippen LogP contribution in [0.3, 0.4) is 0 Å². The van der Waals surface area contributed by atoms with E-state index in [2.05, 4.69) is 5.32 Å². The number of carbonyl (C=O) groups is 1. The largest absolute Gasteiger partial charge is 0.354 e. The number of hydrogen-bond donors (Lipinski definition) is 1. The lowest BCUT2D eigenvalue weighted by molar-refractivity contribution is -0.130. The molecular weight excluding hydrogens is 243 g/mol. The lowest BCUT2D eigenvalue weighted by Crippen LogP contribution is -2.50. The molecule has 2 rings (SSSR count). The standard InChI is InChI=1S/C15H21FN2O/c1-18(2)11-10-17-14(19)15(8-5-9-15)12-6-3-4-7-13(12)16/h3-4,6-7H,5,8-11H2,1-2H3,(H,17,19). The van der Waals surface area contributed by atoms with Crippen LogP contribution in [0.1, 0.15) is 24.8 Å². The molecule has 1 amide bonds. The molecule has 1 N–H and O–H groups in total. The average Bonchev–Trinajstić information content (AvgIpc) is 2.29. The molecule has 1 aromatic carbocycles. The highest BCUT2D eigenvalue weighted by Gasteiger charge is 2.46. The van der Waals surface area contributed by atoms with Crippen LogP contribution in [-0.4, -0.2) is 38.0 Å². The molecule has 0 aromatic heterocycles. The molecule has 0 spiro atoms. The summed E-state index contributed by atoms with van der Waals surface area (Å²) in [4.78, 5) is 14.4. The van der Waals surface area contributed by atoms with Gasteiger partial charge in [-0.1, -0.05) is 24.6 Å². The van der Waals surface area contributed by atoms with Crippen LogP contribution in [0, 0.1) is 5.82 Å². The van der Waals surface area contributed by atoms with Crippen molar-refractivity contribution in [1.29, 1.82) is 0 Å². The van der Waals surface area contributed by atoms with E-state index in [4.69, 9.17) is 0 Å². The maximum Gasteiger partial charge on any atom is 0.230 e. The number of carbonyl (C=O) groups excluding carboxylic acids is 1. The Bertz CT molecular complexity index is 455. The SMILES string of the molecule is CN(C)CCNC(=O)C1(c2ccccc2F)CCC1. The zero-order valence-electron chi connectivity index (χ0n) is 11.6. The molecule has 1 aliphatic carbocycles. The normalized spacial score (nSPS) is 17.1. The van der Waals surface area contributed by atoms with Gasteiger partial charge in [0.1, 0.15) is 5.82 Å². The second-order valence-electron chi connectivity index (χ2n) is 5.47. The molecule has 1 saturated carbocycles. The maximum absolute atomic E-state index is 13.9. The number of benzene rings is 1. The van der Waals surface area contributed by atoms with Crippen molar-refractivity contribution in [2.45, 2.75) is 24.7 Å². The van der Waals surface area contributed by atoms with E-state index in [1.54, 1.807) is 18.2 Å². The molecule has 1 aliphatic rings. The van der Waals surface area contributed by atoms with Crippen LogP contribution in [-0.2, 0) is 10.2 Å². The van der Waals surface area contributed by atoms with E-state index in [0.717, 1.165) is 25.8 Å². The maximum atomic E-state index is 13.9. The fraction of sp³-hybridized carbons (Fsp3) is 0.533. The van der Waals surface area contributed by atoms with Crippen molar-refractivity contribution in [1.82, 2.24) is 10.2 Å². The van der Waals surface area contributed by atoms with Gasteiger partial charge in [-0.2, -0.15) is 0 Å². The van der Waals surface area contributed by atoms with Gasteiger partial charge in [-0.25, -0.2) is 4.39 Å². The summed E-state index contributed by atoms with van der Waals surface area (Å²) in [6, 6.07) is 6.63. The molecule has 0 saturated heterocycles. The van der Waals surface area contributed by atoms with E-state index in [0.29, 0.717) is 12.1 Å². The third-order valence-electron chi connectivity index (χ3n) is 3.88. The average molecular weight is 264 g/mol. The summed E-state index contributed by atoms with van der Waals surface area (Å²) in [6.45, 7) is 1.39. The highest BCUT2D eigenvalue weighted by Crippen LogP contribution is 2.44. The summed E-state index contributed by atoms with van der Waals surface area (Å²) in [5.74, 6) is -0.310. The van der Waals surface area contributed by atoms with Gasteiger partial charge >= 0.3 is 0 Å². The predicted molar refractivity (Wildman–Crippen MR) is 73.5 cm³/mol. The molecule has 3 nitrogen and oxygen atoms in total. The Morgan fingerprint density at radius 1 is 1.37 bits per heavy atom. The Kier molecular flexibility index (Phi) is 4.20. The summed E-state index contributed by atoms with van der Waals surface area (Å²) in [6.07, 6.45) is 2.46. The molecule has 1 aromatic rings. The minimum atomic E-state index is -0.641. The van der Waals surface area contributed by atoms with Gasteiger partial charge < -0.3 is 10.2 Å². The number of hydrogen-bond acceptors (Lipinski definition) is 2. The first-order valence-corrected chi connectivity index (χ1v) is 6.74. The molecule has 0 heterocycles. The summed E-state index contributed by atoms with van der Waals surface area (Å²) < 4.78 is 13.9. The quantitative estimate of drug-likeness (QED) is 0.881. The lowest BCUT2D eigenvalue weighted by Gasteiger charge is -2.40. The van der Waals surface area contributed by atoms with E-state index in [1.807, 2.05) is 19.0 Å². The van der Waals surface area contributed by atoms with Crippen molar-refractivity contribution in [3.8, 4) is 0 Å². The Morgan fingerprint density at radius 3 is 2.58 bits per heavy atom. The fourth-order valence-corrected chi connectivity index (χ4v) is 2.56. The molecule has 104 valence electrons. The summed E-state index contributed by atoms with van der Waals surface area (Å²) in [5.41, 5.74) is -0.0962. The number of halogens is 1.